The summed E-state index contributed by atoms with van der Waals surface area (Å²) in [6.45, 7) is 0.570. The molecule has 0 bridgehead atoms. The molecule has 0 fully saturated rings. The molecule has 0 unspecified atom stereocenters. The van der Waals surface area contributed by atoms with Crippen LogP contribution in [0.5, 0.6) is 0 Å². The first-order valence-electron chi connectivity index (χ1n) is 11.3. The fraction of sp³-hybridized carbons (Fsp3) is 0.0357. The highest BCUT2D eigenvalue weighted by Gasteiger charge is 2.17. The Kier molecular flexibility index (Phi) is 6.68. The molecule has 5 aromatic rings. The first kappa shape index (κ1) is 23.2. The van der Waals surface area contributed by atoms with Crippen molar-refractivity contribution in [3.63, 3.8) is 0 Å². The van der Waals surface area contributed by atoms with Crippen LogP contribution in [0.15, 0.2) is 121 Å². The summed E-state index contributed by atoms with van der Waals surface area (Å²) >= 11 is 0. The van der Waals surface area contributed by atoms with Gasteiger partial charge in [-0.25, -0.2) is 13.1 Å². The van der Waals surface area contributed by atoms with E-state index in [1.54, 1.807) is 41.4 Å². The van der Waals surface area contributed by atoms with Crippen molar-refractivity contribution in [3.05, 3.63) is 127 Å². The van der Waals surface area contributed by atoms with Gasteiger partial charge in [-0.2, -0.15) is 0 Å². The van der Waals surface area contributed by atoms with Crippen LogP contribution in [0, 0.1) is 0 Å². The van der Waals surface area contributed by atoms with Gasteiger partial charge in [0, 0.05) is 29.7 Å². The van der Waals surface area contributed by atoms with E-state index in [0.29, 0.717) is 12.1 Å². The molecule has 2 heterocycles. The zero-order valence-corrected chi connectivity index (χ0v) is 20.1. The van der Waals surface area contributed by atoms with Gasteiger partial charge in [-0.05, 0) is 41.0 Å². The monoisotopic (exact) mass is 493 g/mol. The molecule has 0 aliphatic carbocycles. The van der Waals surface area contributed by atoms with Crippen LogP contribution in [-0.2, 0) is 16.6 Å². The van der Waals surface area contributed by atoms with E-state index in [2.05, 4.69) is 20.0 Å². The van der Waals surface area contributed by atoms with Crippen LogP contribution in [0.3, 0.4) is 0 Å². The van der Waals surface area contributed by atoms with Crippen molar-refractivity contribution in [1.29, 1.82) is 0 Å². The lowest BCUT2D eigenvalue weighted by atomic mass is 10.1. The molecule has 0 aliphatic heterocycles. The number of hydrogen-bond donors (Lipinski definition) is 1. The average Bonchev–Trinajstić information content (AvgIpc) is 3.39. The highest BCUT2D eigenvalue weighted by Crippen LogP contribution is 2.27. The molecule has 178 valence electrons. The molecule has 2 aromatic heterocycles. The second-order valence-electron chi connectivity index (χ2n) is 8.10. The number of aromatic nitrogens is 4. The van der Waals surface area contributed by atoms with Crippen molar-refractivity contribution in [2.24, 2.45) is 0 Å². The molecule has 1 N–H and O–H groups in total. The van der Waals surface area contributed by atoms with Crippen molar-refractivity contribution in [3.8, 4) is 22.4 Å². The normalized spacial score (nSPS) is 11.6. The smallest absolute Gasteiger partial charge is 0.262 e. The number of sulfonamides is 1. The Labute approximate surface area is 209 Å². The number of rotatable bonds is 8. The van der Waals surface area contributed by atoms with Crippen LogP contribution >= 0.6 is 0 Å². The van der Waals surface area contributed by atoms with Crippen molar-refractivity contribution in [2.75, 3.05) is 0 Å². The largest absolute Gasteiger partial charge is 0.286 e. The molecule has 0 aliphatic rings. The van der Waals surface area contributed by atoms with E-state index in [4.69, 9.17) is 0 Å². The van der Waals surface area contributed by atoms with Crippen LogP contribution in [-0.4, -0.2) is 28.4 Å². The summed E-state index contributed by atoms with van der Waals surface area (Å²) in [5.74, 6) is 0. The zero-order valence-electron chi connectivity index (χ0n) is 19.3. The van der Waals surface area contributed by atoms with Crippen LogP contribution < -0.4 is 4.72 Å². The molecule has 0 atom stereocenters. The Hall–Kier alpha value is -4.56. The zero-order chi connectivity index (χ0) is 24.8. The van der Waals surface area contributed by atoms with E-state index < -0.39 is 10.0 Å². The fourth-order valence-corrected chi connectivity index (χ4v) is 4.89. The number of benzene rings is 3. The topological polar surface area (TPSA) is 89.8 Å². The molecule has 3 aromatic carbocycles. The van der Waals surface area contributed by atoms with Crippen molar-refractivity contribution >= 4 is 16.1 Å². The lowest BCUT2D eigenvalue weighted by Gasteiger charge is -2.10. The van der Waals surface area contributed by atoms with Gasteiger partial charge in [0.25, 0.3) is 10.0 Å². The summed E-state index contributed by atoms with van der Waals surface area (Å²) in [5.41, 5.74) is 5.10. The van der Waals surface area contributed by atoms with E-state index in [1.165, 1.54) is 6.20 Å². The maximum atomic E-state index is 13.0. The van der Waals surface area contributed by atoms with Crippen molar-refractivity contribution in [2.45, 2.75) is 11.4 Å². The van der Waals surface area contributed by atoms with Gasteiger partial charge in [0.2, 0.25) is 0 Å². The fourth-order valence-electron chi connectivity index (χ4n) is 3.78. The molecule has 0 saturated carbocycles. The summed E-state index contributed by atoms with van der Waals surface area (Å²) in [7, 11) is -3.74. The Morgan fingerprint density at radius 3 is 2.36 bits per heavy atom. The van der Waals surface area contributed by atoms with Crippen molar-refractivity contribution < 1.29 is 8.42 Å². The quantitative estimate of drug-likeness (QED) is 0.328. The summed E-state index contributed by atoms with van der Waals surface area (Å²) in [4.78, 5) is 4.34. The molecular weight excluding hydrogens is 470 g/mol. The van der Waals surface area contributed by atoms with E-state index in [-0.39, 0.29) is 4.90 Å². The Balaban J connectivity index is 1.24. The third-order valence-electron chi connectivity index (χ3n) is 5.58. The highest BCUT2D eigenvalue weighted by molar-refractivity contribution is 7.89. The molecule has 36 heavy (non-hydrogen) atoms. The minimum Gasteiger partial charge on any atom is -0.286 e. The van der Waals surface area contributed by atoms with Crippen LogP contribution in [0.25, 0.3) is 28.5 Å². The summed E-state index contributed by atoms with van der Waals surface area (Å²) in [5, 5.41) is 8.40. The number of nitrogens with one attached hydrogen (secondary N) is 1. The van der Waals surface area contributed by atoms with Gasteiger partial charge in [0.1, 0.15) is 5.69 Å². The minimum absolute atomic E-state index is 0.231. The molecular formula is C28H23N5O2S. The maximum Gasteiger partial charge on any atom is 0.262 e. The third-order valence-corrected chi connectivity index (χ3v) is 6.96. The number of pyridine rings is 1. The van der Waals surface area contributed by atoms with E-state index in [0.717, 1.165) is 27.9 Å². The standard InChI is InChI=1S/C28H23N5O2S/c34-36(35,28-11-5-4-10-26(28)24-7-2-1-3-8-24)30-18-16-22-12-14-23(15-13-22)20-33-21-27(31-32-33)25-9-6-17-29-19-25/h1-19,21,30H,20H2. The predicted molar refractivity (Wildman–Crippen MR) is 140 cm³/mol. The Bertz CT molecular complexity index is 1580. The van der Waals surface area contributed by atoms with Gasteiger partial charge in [-0.3, -0.25) is 9.71 Å². The van der Waals surface area contributed by atoms with Gasteiger partial charge in [-0.1, -0.05) is 78.0 Å². The minimum atomic E-state index is -3.74. The first-order valence-corrected chi connectivity index (χ1v) is 12.8. The molecule has 0 radical (unpaired) electrons. The summed E-state index contributed by atoms with van der Waals surface area (Å²) in [6.07, 6.45) is 8.53. The summed E-state index contributed by atoms with van der Waals surface area (Å²) in [6, 6.07) is 28.0. The van der Waals surface area contributed by atoms with Gasteiger partial charge in [-0.15, -0.1) is 5.10 Å². The number of nitrogens with zero attached hydrogens (tertiary/aromatic N) is 4. The maximum absolute atomic E-state index is 13.0. The lowest BCUT2D eigenvalue weighted by Crippen LogP contribution is -2.18. The van der Waals surface area contributed by atoms with E-state index in [9.17, 15) is 8.42 Å². The SMILES string of the molecule is O=S(=O)(NC=Cc1ccc(Cn2cc(-c3cccnc3)nn2)cc1)c1ccccc1-c1ccccc1. The lowest BCUT2D eigenvalue weighted by molar-refractivity contribution is 0.591. The van der Waals surface area contributed by atoms with Crippen LogP contribution in [0.2, 0.25) is 0 Å². The predicted octanol–water partition coefficient (Wildman–Crippen LogP) is 5.00. The molecule has 5 rings (SSSR count). The number of hydrogen-bond acceptors (Lipinski definition) is 5. The first-order chi connectivity index (χ1) is 17.6. The van der Waals surface area contributed by atoms with Gasteiger partial charge >= 0.3 is 0 Å². The Morgan fingerprint density at radius 1 is 0.833 bits per heavy atom. The van der Waals surface area contributed by atoms with Gasteiger partial charge in [0.15, 0.2) is 0 Å². The molecule has 7 nitrogen and oxygen atoms in total. The third kappa shape index (κ3) is 5.39. The molecule has 0 spiro atoms. The summed E-state index contributed by atoms with van der Waals surface area (Å²) < 4.78 is 30.3. The molecule has 8 heteroatoms. The Morgan fingerprint density at radius 2 is 1.58 bits per heavy atom. The molecule has 0 amide bonds. The second kappa shape index (κ2) is 10.4. The molecule has 0 saturated heterocycles. The van der Waals surface area contributed by atoms with E-state index in [1.807, 2.05) is 79.0 Å². The van der Waals surface area contributed by atoms with E-state index >= 15 is 0 Å². The van der Waals surface area contributed by atoms with Gasteiger partial charge < -0.3 is 0 Å². The average molecular weight is 494 g/mol. The van der Waals surface area contributed by atoms with Crippen LogP contribution in [0.1, 0.15) is 11.1 Å². The van der Waals surface area contributed by atoms with Crippen LogP contribution in [0.4, 0.5) is 0 Å². The second-order valence-corrected chi connectivity index (χ2v) is 9.78. The highest BCUT2D eigenvalue weighted by atomic mass is 32.2. The van der Waals surface area contributed by atoms with Crippen molar-refractivity contribution in [1.82, 2.24) is 24.7 Å². The van der Waals surface area contributed by atoms with Gasteiger partial charge in [0.05, 0.1) is 17.6 Å².